The maximum atomic E-state index is 5.62. The van der Waals surface area contributed by atoms with Crippen molar-refractivity contribution in [3.05, 3.63) is 17.6 Å². The van der Waals surface area contributed by atoms with Crippen LogP contribution in [0.15, 0.2) is 6.33 Å². The quantitative estimate of drug-likeness (QED) is 0.830. The van der Waals surface area contributed by atoms with Gasteiger partial charge in [0.2, 0.25) is 0 Å². The van der Waals surface area contributed by atoms with Gasteiger partial charge < -0.3 is 10.6 Å². The Kier molecular flexibility index (Phi) is 4.12. The van der Waals surface area contributed by atoms with Gasteiger partial charge in [-0.05, 0) is 25.7 Å². The number of nitrogens with two attached hydrogens (primary N) is 1. The molecule has 1 fully saturated rings. The molecule has 108 valence electrons. The fourth-order valence-electron chi connectivity index (χ4n) is 3.11. The monoisotopic (exact) mass is 291 g/mol. The molecule has 1 aliphatic heterocycles. The van der Waals surface area contributed by atoms with E-state index in [2.05, 4.69) is 19.8 Å². The number of aryl methyl sites for hydroxylation is 1. The minimum absolute atomic E-state index is 0.581. The van der Waals surface area contributed by atoms with Crippen LogP contribution in [-0.4, -0.2) is 52.6 Å². The second-order valence-corrected chi connectivity index (χ2v) is 6.08. The Labute approximate surface area is 125 Å². The second-order valence-electron chi connectivity index (χ2n) is 5.56. The summed E-state index contributed by atoms with van der Waals surface area (Å²) in [4.78, 5) is 14.3. The van der Waals surface area contributed by atoms with E-state index in [1.807, 2.05) is 0 Å². The molecule has 3 rings (SSSR count). The molecule has 0 bridgehead atoms. The van der Waals surface area contributed by atoms with Gasteiger partial charge in [-0.1, -0.05) is 12.2 Å². The number of aromatic nitrogens is 2. The van der Waals surface area contributed by atoms with E-state index >= 15 is 0 Å². The molecule has 0 atom stereocenters. The maximum Gasteiger partial charge on any atom is 0.135 e. The summed E-state index contributed by atoms with van der Waals surface area (Å²) in [5, 5.41) is 0. The molecule has 0 unspecified atom stereocenters. The van der Waals surface area contributed by atoms with E-state index in [0.717, 1.165) is 51.4 Å². The van der Waals surface area contributed by atoms with E-state index in [9.17, 15) is 0 Å². The summed E-state index contributed by atoms with van der Waals surface area (Å²) in [6, 6.07) is 0. The van der Waals surface area contributed by atoms with Crippen LogP contribution in [0, 0.1) is 0 Å². The highest BCUT2D eigenvalue weighted by Gasteiger charge is 2.23. The van der Waals surface area contributed by atoms with Crippen LogP contribution in [0.1, 0.15) is 24.1 Å². The molecule has 5 nitrogen and oxygen atoms in total. The summed E-state index contributed by atoms with van der Waals surface area (Å²) in [6.45, 7) is 4.70. The van der Waals surface area contributed by atoms with Crippen molar-refractivity contribution in [2.24, 2.45) is 5.73 Å². The van der Waals surface area contributed by atoms with Gasteiger partial charge in [-0.3, -0.25) is 4.90 Å². The first-order valence-corrected chi connectivity index (χ1v) is 7.73. The fourth-order valence-corrected chi connectivity index (χ4v) is 3.30. The van der Waals surface area contributed by atoms with Crippen LogP contribution < -0.4 is 10.6 Å². The van der Waals surface area contributed by atoms with E-state index in [1.165, 1.54) is 24.1 Å². The van der Waals surface area contributed by atoms with Gasteiger partial charge in [0.05, 0.1) is 4.99 Å². The van der Waals surface area contributed by atoms with Crippen LogP contribution in [0.3, 0.4) is 0 Å². The third-order valence-electron chi connectivity index (χ3n) is 4.15. The molecular formula is C14H21N5S. The Morgan fingerprint density at radius 3 is 2.65 bits per heavy atom. The fraction of sp³-hybridized carbons (Fsp3) is 0.643. The molecule has 0 spiro atoms. The van der Waals surface area contributed by atoms with Crippen LogP contribution in [0.5, 0.6) is 0 Å². The van der Waals surface area contributed by atoms with E-state index < -0.39 is 0 Å². The molecule has 0 saturated carbocycles. The van der Waals surface area contributed by atoms with Crippen molar-refractivity contribution in [2.75, 3.05) is 37.6 Å². The number of fused-ring (bicyclic) bond motifs is 1. The highest BCUT2D eigenvalue weighted by molar-refractivity contribution is 7.80. The lowest BCUT2D eigenvalue weighted by atomic mass is 9.96. The topological polar surface area (TPSA) is 58.3 Å². The van der Waals surface area contributed by atoms with Gasteiger partial charge in [0, 0.05) is 44.0 Å². The van der Waals surface area contributed by atoms with Gasteiger partial charge >= 0.3 is 0 Å². The van der Waals surface area contributed by atoms with Gasteiger partial charge in [-0.25, -0.2) is 9.97 Å². The van der Waals surface area contributed by atoms with Crippen molar-refractivity contribution >= 4 is 23.0 Å². The normalized spacial score (nSPS) is 19.7. The number of rotatable bonds is 3. The number of hydrogen-bond acceptors (Lipinski definition) is 5. The van der Waals surface area contributed by atoms with E-state index in [0.29, 0.717) is 4.99 Å². The van der Waals surface area contributed by atoms with E-state index in [-0.39, 0.29) is 0 Å². The van der Waals surface area contributed by atoms with Gasteiger partial charge in [-0.2, -0.15) is 0 Å². The molecule has 6 heteroatoms. The highest BCUT2D eigenvalue weighted by atomic mass is 32.1. The van der Waals surface area contributed by atoms with Crippen molar-refractivity contribution in [3.63, 3.8) is 0 Å². The molecule has 2 aliphatic rings. The first kappa shape index (κ1) is 13.7. The smallest absolute Gasteiger partial charge is 0.135 e. The summed E-state index contributed by atoms with van der Waals surface area (Å²) in [6.07, 6.45) is 6.46. The molecular weight excluding hydrogens is 270 g/mol. The minimum Gasteiger partial charge on any atom is -0.392 e. The van der Waals surface area contributed by atoms with Crippen molar-refractivity contribution in [3.8, 4) is 0 Å². The van der Waals surface area contributed by atoms with E-state index in [4.69, 9.17) is 18.0 Å². The van der Waals surface area contributed by atoms with Crippen LogP contribution >= 0.6 is 12.2 Å². The van der Waals surface area contributed by atoms with E-state index in [1.54, 1.807) is 6.33 Å². The highest BCUT2D eigenvalue weighted by Crippen LogP contribution is 2.27. The molecule has 1 aliphatic carbocycles. The maximum absolute atomic E-state index is 5.62. The lowest BCUT2D eigenvalue weighted by Gasteiger charge is -2.36. The van der Waals surface area contributed by atoms with Gasteiger partial charge in [0.15, 0.2) is 0 Å². The number of piperazine rings is 1. The summed E-state index contributed by atoms with van der Waals surface area (Å²) in [5.74, 6) is 1.16. The zero-order valence-corrected chi connectivity index (χ0v) is 12.5. The summed E-state index contributed by atoms with van der Waals surface area (Å²) < 4.78 is 0. The predicted molar refractivity (Wildman–Crippen MR) is 84.1 cm³/mol. The zero-order chi connectivity index (χ0) is 13.9. The van der Waals surface area contributed by atoms with Gasteiger partial charge in [0.1, 0.15) is 12.1 Å². The molecule has 1 saturated heterocycles. The molecule has 2 heterocycles. The first-order chi connectivity index (χ1) is 9.74. The third-order valence-corrected chi connectivity index (χ3v) is 4.28. The van der Waals surface area contributed by atoms with Gasteiger partial charge in [0.25, 0.3) is 0 Å². The first-order valence-electron chi connectivity index (χ1n) is 7.32. The van der Waals surface area contributed by atoms with Crippen molar-refractivity contribution < 1.29 is 0 Å². The van der Waals surface area contributed by atoms with Crippen LogP contribution in [-0.2, 0) is 12.8 Å². The second kappa shape index (κ2) is 6.01. The van der Waals surface area contributed by atoms with Crippen molar-refractivity contribution in [2.45, 2.75) is 25.7 Å². The summed E-state index contributed by atoms with van der Waals surface area (Å²) in [7, 11) is 0. The Balaban J connectivity index is 1.71. The number of thiocarbonyl (C=S) groups is 1. The molecule has 20 heavy (non-hydrogen) atoms. The average molecular weight is 291 g/mol. The summed E-state index contributed by atoms with van der Waals surface area (Å²) in [5.41, 5.74) is 8.25. The SMILES string of the molecule is NC(=S)CN1CCN(c2ncnc3c2CCCC3)CC1. The molecule has 0 radical (unpaired) electrons. The van der Waals surface area contributed by atoms with Gasteiger partial charge in [-0.15, -0.1) is 0 Å². The van der Waals surface area contributed by atoms with Crippen molar-refractivity contribution in [1.82, 2.24) is 14.9 Å². The van der Waals surface area contributed by atoms with Crippen LogP contribution in [0.4, 0.5) is 5.82 Å². The Morgan fingerprint density at radius 1 is 1.15 bits per heavy atom. The van der Waals surface area contributed by atoms with Crippen LogP contribution in [0.2, 0.25) is 0 Å². The number of nitrogens with zero attached hydrogens (tertiary/aromatic N) is 4. The largest absolute Gasteiger partial charge is 0.392 e. The summed E-state index contributed by atoms with van der Waals surface area (Å²) >= 11 is 4.98. The minimum atomic E-state index is 0.581. The number of hydrogen-bond donors (Lipinski definition) is 1. The lowest BCUT2D eigenvalue weighted by Crippen LogP contribution is -2.49. The number of anilines is 1. The van der Waals surface area contributed by atoms with Crippen molar-refractivity contribution in [1.29, 1.82) is 0 Å². The molecule has 0 aromatic carbocycles. The molecule has 0 amide bonds. The zero-order valence-electron chi connectivity index (χ0n) is 11.7. The molecule has 2 N–H and O–H groups in total. The third kappa shape index (κ3) is 2.91. The Bertz CT molecular complexity index is 496. The Morgan fingerprint density at radius 2 is 1.90 bits per heavy atom. The predicted octanol–water partition coefficient (Wildman–Crippen LogP) is 0.763. The average Bonchev–Trinajstić information content (AvgIpc) is 2.47. The Hall–Kier alpha value is -1.27. The van der Waals surface area contributed by atoms with Crippen LogP contribution in [0.25, 0.3) is 0 Å². The standard InChI is InChI=1S/C14H21N5S/c15-13(20)9-18-5-7-19(8-6-18)14-11-3-1-2-4-12(11)16-10-17-14/h10H,1-9H2,(H2,15,20). The molecule has 1 aromatic heterocycles. The molecule has 1 aromatic rings. The lowest BCUT2D eigenvalue weighted by molar-refractivity contribution is 0.291.